The minimum atomic E-state index is -0.514. The first-order valence-corrected chi connectivity index (χ1v) is 17.9. The van der Waals surface area contributed by atoms with E-state index in [0.717, 1.165) is 44.5 Å². The van der Waals surface area contributed by atoms with Crippen molar-refractivity contribution in [3.8, 4) is 73.2 Å². The molecule has 8 aromatic carbocycles. The van der Waals surface area contributed by atoms with Crippen LogP contribution in [0.2, 0.25) is 0 Å². The van der Waals surface area contributed by atoms with Gasteiger partial charge in [0, 0.05) is 27.5 Å². The molecule has 0 spiro atoms. The van der Waals surface area contributed by atoms with Gasteiger partial charge in [-0.05, 0) is 63.7 Å². The summed E-state index contributed by atoms with van der Waals surface area (Å²) in [5.41, 5.74) is 7.86. The van der Waals surface area contributed by atoms with Gasteiger partial charge in [0.1, 0.15) is 0 Å². The Morgan fingerprint density at radius 1 is 0.345 bits per heavy atom. The molecule has 55 heavy (non-hydrogen) atoms. The lowest BCUT2D eigenvalue weighted by molar-refractivity contribution is 1.06. The lowest BCUT2D eigenvalue weighted by atomic mass is 10.0. The van der Waals surface area contributed by atoms with E-state index in [0.29, 0.717) is 22.9 Å². The Balaban J connectivity index is 1.30. The average Bonchev–Trinajstić information content (AvgIpc) is 3.71. The maximum absolute atomic E-state index is 9.28. The lowest BCUT2D eigenvalue weighted by Gasteiger charge is -2.16. The fourth-order valence-electron chi connectivity index (χ4n) is 7.04. The van der Waals surface area contributed by atoms with Crippen LogP contribution in [-0.4, -0.2) is 19.5 Å². The van der Waals surface area contributed by atoms with Crippen molar-refractivity contribution in [1.82, 2.24) is 19.5 Å². The summed E-state index contributed by atoms with van der Waals surface area (Å²) >= 11 is 0. The summed E-state index contributed by atoms with van der Waals surface area (Å²) in [4.78, 5) is 15.3. The smallest absolute Gasteiger partial charge is 0.166 e. The van der Waals surface area contributed by atoms with Crippen LogP contribution in [0.3, 0.4) is 0 Å². The summed E-state index contributed by atoms with van der Waals surface area (Å²) in [5.74, 6) is 0.992. The highest BCUT2D eigenvalue weighted by Gasteiger charge is 2.20. The number of hydrogen-bond acceptors (Lipinski definition) is 3. The summed E-state index contributed by atoms with van der Waals surface area (Å²) in [7, 11) is 0. The normalized spacial score (nSPS) is 13.3. The van der Waals surface area contributed by atoms with Crippen LogP contribution in [0, 0.1) is 0 Å². The number of benzene rings is 8. The molecule has 0 saturated heterocycles. The predicted octanol–water partition coefficient (Wildman–Crippen LogP) is 13.0. The molecule has 10 aromatic rings. The van der Waals surface area contributed by atoms with Crippen molar-refractivity contribution < 1.29 is 11.0 Å². The van der Waals surface area contributed by atoms with E-state index in [2.05, 4.69) is 0 Å². The standard InChI is InChI=1S/C51H34N4/c1-4-15-35(16-5-1)38-27-29-39(30-28-38)49-52-50(42-22-14-21-40(33-42)36-17-6-2-7-18-36)54-51(53-49)45-32-31-41(37-19-8-3-9-20-37)34-48(45)55-46-25-12-10-23-43(46)44-24-11-13-26-47(44)55/h1-34H/i10D,11D,12D,13D,23D,24D,25D,26D. The molecule has 10 rings (SSSR count). The van der Waals surface area contributed by atoms with Crippen LogP contribution in [0.1, 0.15) is 11.0 Å². The highest BCUT2D eigenvalue weighted by molar-refractivity contribution is 6.09. The number of aromatic nitrogens is 4. The second-order valence-corrected chi connectivity index (χ2v) is 13.1. The predicted molar refractivity (Wildman–Crippen MR) is 227 cm³/mol. The third-order valence-corrected chi connectivity index (χ3v) is 9.73. The van der Waals surface area contributed by atoms with Gasteiger partial charge in [-0.1, -0.05) is 176 Å². The monoisotopic (exact) mass is 710 g/mol. The largest absolute Gasteiger partial charge is 0.308 e. The van der Waals surface area contributed by atoms with Gasteiger partial charge in [0.25, 0.3) is 0 Å². The second kappa shape index (κ2) is 13.8. The SMILES string of the molecule is [2H]c1c([2H])c([2H])c2c(c1[2H])c1c([2H])c([2H])c([2H])c([2H])c1n2-c1cc(-c2ccccc2)ccc1-c1nc(-c2ccc(-c3ccccc3)cc2)nc(-c2cccc(-c3ccccc3)c2)n1. The van der Waals surface area contributed by atoms with Crippen molar-refractivity contribution in [3.63, 3.8) is 0 Å². The van der Waals surface area contributed by atoms with Crippen LogP contribution >= 0.6 is 0 Å². The molecule has 2 aromatic heterocycles. The molecule has 258 valence electrons. The van der Waals surface area contributed by atoms with Crippen LogP contribution in [0.25, 0.3) is 95.0 Å². The molecule has 0 aliphatic rings. The van der Waals surface area contributed by atoms with E-state index >= 15 is 0 Å². The Morgan fingerprint density at radius 3 is 1.36 bits per heavy atom. The van der Waals surface area contributed by atoms with Crippen LogP contribution in [0.4, 0.5) is 0 Å². The van der Waals surface area contributed by atoms with E-state index in [-0.39, 0.29) is 27.6 Å². The Morgan fingerprint density at radius 2 is 0.764 bits per heavy atom. The number of nitrogens with zero attached hydrogens (tertiary/aromatic N) is 4. The molecule has 0 N–H and O–H groups in total. The third-order valence-electron chi connectivity index (χ3n) is 9.73. The number of rotatable bonds is 7. The Bertz CT molecular complexity index is 3340. The van der Waals surface area contributed by atoms with E-state index in [1.54, 1.807) is 0 Å². The van der Waals surface area contributed by atoms with Crippen molar-refractivity contribution in [1.29, 1.82) is 0 Å². The highest BCUT2D eigenvalue weighted by Crippen LogP contribution is 2.38. The van der Waals surface area contributed by atoms with Crippen molar-refractivity contribution in [2.45, 2.75) is 0 Å². The Hall–Kier alpha value is -7.43. The molecule has 0 amide bonds. The van der Waals surface area contributed by atoms with Crippen LogP contribution in [-0.2, 0) is 0 Å². The van der Waals surface area contributed by atoms with Crippen molar-refractivity contribution in [2.75, 3.05) is 0 Å². The van der Waals surface area contributed by atoms with E-state index in [1.165, 1.54) is 4.57 Å². The average molecular weight is 711 g/mol. The number of hydrogen-bond donors (Lipinski definition) is 0. The molecule has 4 heteroatoms. The van der Waals surface area contributed by atoms with Crippen LogP contribution in [0.5, 0.6) is 0 Å². The molecule has 0 radical (unpaired) electrons. The molecular formula is C51H34N4. The quantitative estimate of drug-likeness (QED) is 0.165. The number of fused-ring (bicyclic) bond motifs is 3. The Labute approximate surface area is 331 Å². The minimum absolute atomic E-state index is 0.00368. The second-order valence-electron chi connectivity index (χ2n) is 13.1. The molecule has 0 atom stereocenters. The van der Waals surface area contributed by atoms with E-state index in [4.69, 9.17) is 23.2 Å². The van der Waals surface area contributed by atoms with Crippen molar-refractivity contribution >= 4 is 21.8 Å². The van der Waals surface area contributed by atoms with Gasteiger partial charge >= 0.3 is 0 Å². The van der Waals surface area contributed by atoms with Gasteiger partial charge in [-0.2, -0.15) is 0 Å². The zero-order valence-corrected chi connectivity index (χ0v) is 29.3. The summed E-state index contributed by atoms with van der Waals surface area (Å²) in [6.45, 7) is 0. The van der Waals surface area contributed by atoms with Crippen molar-refractivity contribution in [2.24, 2.45) is 0 Å². The van der Waals surface area contributed by atoms with Crippen LogP contribution < -0.4 is 0 Å². The maximum atomic E-state index is 9.28. The summed E-state index contributed by atoms with van der Waals surface area (Å²) in [6, 6.07) is 47.5. The lowest BCUT2D eigenvalue weighted by Crippen LogP contribution is -2.04. The molecular weight excluding hydrogens is 669 g/mol. The van der Waals surface area contributed by atoms with Gasteiger partial charge in [-0.3, -0.25) is 0 Å². The highest BCUT2D eigenvalue weighted by atomic mass is 15.1. The molecule has 0 saturated carbocycles. The first kappa shape index (κ1) is 24.7. The molecule has 0 bridgehead atoms. The summed E-state index contributed by atoms with van der Waals surface area (Å²) in [6.07, 6.45) is 0. The fourth-order valence-corrected chi connectivity index (χ4v) is 7.04. The van der Waals surface area contributed by atoms with E-state index in [1.807, 2.05) is 158 Å². The van der Waals surface area contributed by atoms with Gasteiger partial charge in [0.15, 0.2) is 17.5 Å². The first-order valence-electron chi connectivity index (χ1n) is 21.9. The molecule has 0 fully saturated rings. The van der Waals surface area contributed by atoms with E-state index in [9.17, 15) is 2.74 Å². The fraction of sp³-hybridized carbons (Fsp3) is 0. The zero-order chi connectivity index (χ0) is 43.5. The summed E-state index contributed by atoms with van der Waals surface area (Å²) < 4.78 is 73.0. The first-order chi connectivity index (χ1) is 30.6. The van der Waals surface area contributed by atoms with Gasteiger partial charge in [-0.25, -0.2) is 15.0 Å². The summed E-state index contributed by atoms with van der Waals surface area (Å²) in [5, 5.41) is -0.0420. The molecule has 0 unspecified atom stereocenters. The topological polar surface area (TPSA) is 43.6 Å². The zero-order valence-electron chi connectivity index (χ0n) is 37.3. The van der Waals surface area contributed by atoms with E-state index < -0.39 is 48.3 Å². The van der Waals surface area contributed by atoms with Gasteiger partial charge in [0.05, 0.1) is 27.7 Å². The third kappa shape index (κ3) is 6.06. The molecule has 4 nitrogen and oxygen atoms in total. The van der Waals surface area contributed by atoms with Crippen LogP contribution in [0.15, 0.2) is 206 Å². The van der Waals surface area contributed by atoms with Gasteiger partial charge < -0.3 is 4.57 Å². The number of para-hydroxylation sites is 2. The Kier molecular flexibility index (Phi) is 6.23. The minimum Gasteiger partial charge on any atom is -0.308 e. The van der Waals surface area contributed by atoms with Crippen molar-refractivity contribution in [3.05, 3.63) is 206 Å². The molecule has 0 aliphatic carbocycles. The maximum Gasteiger partial charge on any atom is 0.166 e. The molecule has 2 heterocycles. The van der Waals surface area contributed by atoms with Gasteiger partial charge in [-0.15, -0.1) is 0 Å². The van der Waals surface area contributed by atoms with Gasteiger partial charge in [0.2, 0.25) is 0 Å². The molecule has 0 aliphatic heterocycles.